The molecule has 0 saturated carbocycles. The van der Waals surface area contributed by atoms with Gasteiger partial charge in [0.25, 0.3) is 0 Å². The minimum absolute atomic E-state index is 0.0459. The van der Waals surface area contributed by atoms with E-state index >= 15 is 0 Å². The largest absolute Gasteiger partial charge is 0.207 e. The van der Waals surface area contributed by atoms with Crippen molar-refractivity contribution in [3.05, 3.63) is 69.5 Å². The molecule has 1 unspecified atom stereocenters. The van der Waals surface area contributed by atoms with Gasteiger partial charge < -0.3 is 0 Å². The van der Waals surface area contributed by atoms with E-state index < -0.39 is 16.5 Å². The monoisotopic (exact) mass is 342 g/mol. The fourth-order valence-corrected chi connectivity index (χ4v) is 2.89. The fraction of sp³-hybridized carbons (Fsp3) is 0.250. The van der Waals surface area contributed by atoms with E-state index in [-0.39, 0.29) is 11.4 Å². The molecule has 0 heterocycles. The molecule has 0 radical (unpaired) electrons. The second kappa shape index (κ2) is 5.60. The highest BCUT2D eigenvalue weighted by atomic mass is 79.9. The van der Waals surface area contributed by atoms with Crippen molar-refractivity contribution < 1.29 is 13.2 Å². The summed E-state index contributed by atoms with van der Waals surface area (Å²) in [4.78, 5) is -0.652. The third kappa shape index (κ3) is 2.62. The van der Waals surface area contributed by atoms with E-state index in [9.17, 15) is 13.2 Å². The van der Waals surface area contributed by atoms with Crippen LogP contribution in [0.3, 0.4) is 0 Å². The van der Waals surface area contributed by atoms with Gasteiger partial charge in [-0.25, -0.2) is 13.2 Å². The Bertz CT molecular complexity index is 642. The van der Waals surface area contributed by atoms with Gasteiger partial charge in [0.1, 0.15) is 17.5 Å². The molecule has 0 nitrogen and oxygen atoms in total. The van der Waals surface area contributed by atoms with Crippen molar-refractivity contribution in [1.29, 1.82) is 0 Å². The zero-order chi connectivity index (χ0) is 15.0. The lowest BCUT2D eigenvalue weighted by Gasteiger charge is -2.16. The normalized spacial score (nSPS) is 12.6. The van der Waals surface area contributed by atoms with Crippen molar-refractivity contribution in [2.24, 2.45) is 0 Å². The van der Waals surface area contributed by atoms with Crippen LogP contribution in [0.2, 0.25) is 0 Å². The van der Waals surface area contributed by atoms with Crippen LogP contribution in [0.25, 0.3) is 0 Å². The number of benzene rings is 2. The van der Waals surface area contributed by atoms with Crippen LogP contribution >= 0.6 is 15.9 Å². The Hall–Kier alpha value is -1.29. The van der Waals surface area contributed by atoms with Gasteiger partial charge in [0.05, 0.1) is 4.83 Å². The molecule has 0 aliphatic heterocycles. The average molecular weight is 343 g/mol. The van der Waals surface area contributed by atoms with Crippen LogP contribution in [0.4, 0.5) is 13.2 Å². The second-order valence-corrected chi connectivity index (χ2v) is 5.84. The molecule has 1 atom stereocenters. The minimum Gasteiger partial charge on any atom is -0.207 e. The van der Waals surface area contributed by atoms with Gasteiger partial charge in [0.15, 0.2) is 0 Å². The number of alkyl halides is 1. The first-order valence-electron chi connectivity index (χ1n) is 6.18. The number of hydrogen-bond donors (Lipinski definition) is 0. The molecule has 0 saturated heterocycles. The summed E-state index contributed by atoms with van der Waals surface area (Å²) in [7, 11) is 0. The van der Waals surface area contributed by atoms with Crippen molar-refractivity contribution in [1.82, 2.24) is 0 Å². The third-order valence-corrected chi connectivity index (χ3v) is 4.31. The van der Waals surface area contributed by atoms with Crippen molar-refractivity contribution in [2.45, 2.75) is 25.6 Å². The molecule has 2 aromatic carbocycles. The van der Waals surface area contributed by atoms with Gasteiger partial charge in [-0.1, -0.05) is 34.1 Å². The Morgan fingerprint density at radius 1 is 0.850 bits per heavy atom. The van der Waals surface area contributed by atoms with Crippen LogP contribution in [0, 0.1) is 38.2 Å². The Morgan fingerprint density at radius 3 is 1.95 bits per heavy atom. The summed E-state index contributed by atoms with van der Waals surface area (Å²) in [5.41, 5.74) is 1.87. The molecular weight excluding hydrogens is 329 g/mol. The molecule has 0 spiro atoms. The summed E-state index contributed by atoms with van der Waals surface area (Å²) in [6.07, 6.45) is 0. The average Bonchev–Trinajstić information content (AvgIpc) is 2.40. The maximum Gasteiger partial charge on any atom is 0.133 e. The first-order chi connectivity index (χ1) is 9.32. The molecule has 4 heteroatoms. The maximum atomic E-state index is 14.1. The Morgan fingerprint density at radius 2 is 1.40 bits per heavy atom. The fourth-order valence-electron chi connectivity index (χ4n) is 2.20. The van der Waals surface area contributed by atoms with Gasteiger partial charge in [-0.3, -0.25) is 0 Å². The number of aryl methyl sites for hydroxylation is 3. The molecule has 0 amide bonds. The van der Waals surface area contributed by atoms with Crippen LogP contribution in [-0.2, 0) is 0 Å². The van der Waals surface area contributed by atoms with Crippen molar-refractivity contribution in [2.75, 3.05) is 0 Å². The number of halogens is 4. The van der Waals surface area contributed by atoms with Crippen molar-refractivity contribution >= 4 is 15.9 Å². The topological polar surface area (TPSA) is 0 Å². The Labute approximate surface area is 124 Å². The smallest absolute Gasteiger partial charge is 0.133 e. The van der Waals surface area contributed by atoms with Crippen molar-refractivity contribution in [3.8, 4) is 0 Å². The van der Waals surface area contributed by atoms with Crippen molar-refractivity contribution in [3.63, 3.8) is 0 Å². The SMILES string of the molecule is Cc1cc(C(Br)c2c(F)ccc(C)c2F)cc(C)c1F. The van der Waals surface area contributed by atoms with Gasteiger partial charge in [-0.05, 0) is 49.1 Å². The quantitative estimate of drug-likeness (QED) is 0.631. The molecular formula is C16H14BrF3. The third-order valence-electron chi connectivity index (χ3n) is 3.32. The first kappa shape index (κ1) is 15.1. The predicted octanol–water partition coefficient (Wildman–Crippen LogP) is 5.51. The van der Waals surface area contributed by atoms with Crippen LogP contribution < -0.4 is 0 Å². The summed E-state index contributed by atoms with van der Waals surface area (Å²) < 4.78 is 41.7. The zero-order valence-corrected chi connectivity index (χ0v) is 13.0. The predicted molar refractivity (Wildman–Crippen MR) is 77.7 cm³/mol. The standard InChI is InChI=1S/C16H14BrF3/c1-8-4-5-12(18)13(16(8)20)14(17)11-6-9(2)15(19)10(3)7-11/h4-7,14H,1-3H3. The van der Waals surface area contributed by atoms with Crippen LogP contribution in [0.1, 0.15) is 32.6 Å². The van der Waals surface area contributed by atoms with Crippen LogP contribution in [0.5, 0.6) is 0 Å². The van der Waals surface area contributed by atoms with E-state index in [0.717, 1.165) is 0 Å². The molecule has 20 heavy (non-hydrogen) atoms. The maximum absolute atomic E-state index is 14.1. The molecule has 2 rings (SSSR count). The zero-order valence-electron chi connectivity index (χ0n) is 11.4. The molecule has 0 aliphatic rings. The van der Waals surface area contributed by atoms with E-state index in [1.54, 1.807) is 32.9 Å². The highest BCUT2D eigenvalue weighted by Gasteiger charge is 2.22. The highest BCUT2D eigenvalue weighted by Crippen LogP contribution is 2.36. The highest BCUT2D eigenvalue weighted by molar-refractivity contribution is 9.09. The van der Waals surface area contributed by atoms with Gasteiger partial charge in [0, 0.05) is 5.56 Å². The molecule has 0 aromatic heterocycles. The lowest BCUT2D eigenvalue weighted by Crippen LogP contribution is -2.04. The van der Waals surface area contributed by atoms with Gasteiger partial charge in [0.2, 0.25) is 0 Å². The lowest BCUT2D eigenvalue weighted by atomic mass is 9.98. The number of rotatable bonds is 2. The second-order valence-electron chi connectivity index (χ2n) is 4.92. The molecule has 0 aliphatic carbocycles. The first-order valence-corrected chi connectivity index (χ1v) is 7.09. The number of hydrogen-bond acceptors (Lipinski definition) is 0. The van der Waals surface area contributed by atoms with Gasteiger partial charge in [-0.15, -0.1) is 0 Å². The van der Waals surface area contributed by atoms with E-state index in [1.807, 2.05) is 0 Å². The Kier molecular flexibility index (Phi) is 4.23. The van der Waals surface area contributed by atoms with E-state index in [0.29, 0.717) is 22.3 Å². The van der Waals surface area contributed by atoms with E-state index in [1.165, 1.54) is 12.1 Å². The van der Waals surface area contributed by atoms with E-state index in [4.69, 9.17) is 0 Å². The van der Waals surface area contributed by atoms with Crippen LogP contribution in [0.15, 0.2) is 24.3 Å². The minimum atomic E-state index is -0.652. The Balaban J connectivity index is 2.57. The summed E-state index contributed by atoms with van der Waals surface area (Å²) in [5.74, 6) is -1.49. The molecule has 0 bridgehead atoms. The van der Waals surface area contributed by atoms with Gasteiger partial charge in [-0.2, -0.15) is 0 Å². The lowest BCUT2D eigenvalue weighted by molar-refractivity contribution is 0.555. The molecule has 0 fully saturated rings. The molecule has 2 aromatic rings. The molecule has 0 N–H and O–H groups in total. The van der Waals surface area contributed by atoms with Gasteiger partial charge >= 0.3 is 0 Å². The summed E-state index contributed by atoms with van der Waals surface area (Å²) in [5, 5.41) is 0. The summed E-state index contributed by atoms with van der Waals surface area (Å²) in [6.45, 7) is 4.85. The summed E-state index contributed by atoms with van der Waals surface area (Å²) in [6, 6.07) is 5.84. The molecule has 106 valence electrons. The van der Waals surface area contributed by atoms with Crippen LogP contribution in [-0.4, -0.2) is 0 Å². The van der Waals surface area contributed by atoms with E-state index in [2.05, 4.69) is 15.9 Å². The summed E-state index contributed by atoms with van der Waals surface area (Å²) >= 11 is 3.32.